The van der Waals surface area contributed by atoms with Crippen LogP contribution in [0.1, 0.15) is 22.3 Å². The zero-order chi connectivity index (χ0) is 10.3. The molecule has 14 heavy (non-hydrogen) atoms. The van der Waals surface area contributed by atoms with Gasteiger partial charge in [0.05, 0.1) is 5.52 Å². The van der Waals surface area contributed by atoms with E-state index in [1.54, 1.807) is 0 Å². The number of aromatic nitrogens is 1. The first kappa shape index (κ1) is 9.20. The standard InChI is InChI=1S/C13H15N/c1-8-5-6-14-13-11(4)10(3)9(2)7-12(8)13/h5-7H,1-4H3. The second kappa shape index (κ2) is 3.09. The second-order valence-electron chi connectivity index (χ2n) is 3.97. The average Bonchev–Trinajstić information content (AvgIpc) is 2.17. The molecule has 1 nitrogen and oxygen atoms in total. The maximum absolute atomic E-state index is 4.44. The third kappa shape index (κ3) is 1.20. The highest BCUT2D eigenvalue weighted by atomic mass is 14.7. The number of nitrogens with zero attached hydrogens (tertiary/aromatic N) is 1. The molecule has 0 saturated carbocycles. The van der Waals surface area contributed by atoms with Crippen molar-refractivity contribution in [1.82, 2.24) is 4.98 Å². The molecule has 0 bridgehead atoms. The summed E-state index contributed by atoms with van der Waals surface area (Å²) in [7, 11) is 0. The van der Waals surface area contributed by atoms with E-state index in [0.717, 1.165) is 5.52 Å². The van der Waals surface area contributed by atoms with Gasteiger partial charge in [0.25, 0.3) is 0 Å². The number of rotatable bonds is 0. The summed E-state index contributed by atoms with van der Waals surface area (Å²) in [6.07, 6.45) is 1.89. The third-order valence-electron chi connectivity index (χ3n) is 3.08. The van der Waals surface area contributed by atoms with Gasteiger partial charge in [-0.25, -0.2) is 0 Å². The molecule has 0 N–H and O–H groups in total. The van der Waals surface area contributed by atoms with Crippen LogP contribution < -0.4 is 0 Å². The van der Waals surface area contributed by atoms with Gasteiger partial charge in [-0.2, -0.15) is 0 Å². The van der Waals surface area contributed by atoms with Crippen molar-refractivity contribution in [2.24, 2.45) is 0 Å². The molecule has 0 fully saturated rings. The van der Waals surface area contributed by atoms with Gasteiger partial charge in [0.1, 0.15) is 0 Å². The molecule has 0 radical (unpaired) electrons. The van der Waals surface area contributed by atoms with Gasteiger partial charge in [0, 0.05) is 11.6 Å². The second-order valence-corrected chi connectivity index (χ2v) is 3.97. The Morgan fingerprint density at radius 3 is 2.36 bits per heavy atom. The van der Waals surface area contributed by atoms with Crippen LogP contribution in [0, 0.1) is 27.7 Å². The van der Waals surface area contributed by atoms with Crippen LogP contribution in [-0.4, -0.2) is 4.98 Å². The topological polar surface area (TPSA) is 12.9 Å². The predicted octanol–water partition coefficient (Wildman–Crippen LogP) is 3.47. The van der Waals surface area contributed by atoms with E-state index < -0.39 is 0 Å². The highest BCUT2D eigenvalue weighted by Crippen LogP contribution is 2.24. The fraction of sp³-hybridized carbons (Fsp3) is 0.308. The first-order chi connectivity index (χ1) is 6.61. The van der Waals surface area contributed by atoms with E-state index in [0.29, 0.717) is 0 Å². The van der Waals surface area contributed by atoms with Crippen molar-refractivity contribution in [3.05, 3.63) is 40.6 Å². The van der Waals surface area contributed by atoms with E-state index in [9.17, 15) is 0 Å². The third-order valence-corrected chi connectivity index (χ3v) is 3.08. The quantitative estimate of drug-likeness (QED) is 0.612. The van der Waals surface area contributed by atoms with Gasteiger partial charge in [0.2, 0.25) is 0 Å². The molecular weight excluding hydrogens is 170 g/mol. The van der Waals surface area contributed by atoms with E-state index >= 15 is 0 Å². The van der Waals surface area contributed by atoms with Crippen molar-refractivity contribution in [1.29, 1.82) is 0 Å². The van der Waals surface area contributed by atoms with Crippen molar-refractivity contribution in [3.8, 4) is 0 Å². The summed E-state index contributed by atoms with van der Waals surface area (Å²) in [6, 6.07) is 4.30. The van der Waals surface area contributed by atoms with Crippen LogP contribution in [0.25, 0.3) is 10.9 Å². The molecule has 72 valence electrons. The number of aryl methyl sites for hydroxylation is 3. The molecule has 0 unspecified atom stereocenters. The van der Waals surface area contributed by atoms with Crippen molar-refractivity contribution >= 4 is 10.9 Å². The molecule has 0 aliphatic heterocycles. The predicted molar refractivity (Wildman–Crippen MR) is 60.7 cm³/mol. The van der Waals surface area contributed by atoms with Crippen LogP contribution in [0.3, 0.4) is 0 Å². The first-order valence-electron chi connectivity index (χ1n) is 4.93. The molecule has 1 heterocycles. The van der Waals surface area contributed by atoms with Crippen LogP contribution in [0.15, 0.2) is 18.3 Å². The summed E-state index contributed by atoms with van der Waals surface area (Å²) in [4.78, 5) is 4.44. The van der Waals surface area contributed by atoms with Gasteiger partial charge in [-0.3, -0.25) is 4.98 Å². The SMILES string of the molecule is Cc1cc2c(C)ccnc2c(C)c1C. The number of hydrogen-bond acceptors (Lipinski definition) is 1. The Bertz CT molecular complexity index is 498. The maximum atomic E-state index is 4.44. The monoisotopic (exact) mass is 185 g/mol. The lowest BCUT2D eigenvalue weighted by Gasteiger charge is -2.09. The lowest BCUT2D eigenvalue weighted by atomic mass is 9.98. The summed E-state index contributed by atoms with van der Waals surface area (Å²) in [5, 5.41) is 1.29. The average molecular weight is 185 g/mol. The summed E-state index contributed by atoms with van der Waals surface area (Å²) in [5.41, 5.74) is 6.47. The number of fused-ring (bicyclic) bond motifs is 1. The van der Waals surface area contributed by atoms with Gasteiger partial charge in [0.15, 0.2) is 0 Å². The van der Waals surface area contributed by atoms with E-state index in [1.807, 2.05) is 6.20 Å². The van der Waals surface area contributed by atoms with Crippen molar-refractivity contribution in [3.63, 3.8) is 0 Å². The van der Waals surface area contributed by atoms with Crippen LogP contribution in [-0.2, 0) is 0 Å². The number of hydrogen-bond donors (Lipinski definition) is 0. The fourth-order valence-electron chi connectivity index (χ4n) is 1.85. The lowest BCUT2D eigenvalue weighted by Crippen LogP contribution is -1.92. The summed E-state index contributed by atoms with van der Waals surface area (Å²) >= 11 is 0. The first-order valence-corrected chi connectivity index (χ1v) is 4.93. The molecule has 0 amide bonds. The smallest absolute Gasteiger partial charge is 0.0736 e. The van der Waals surface area contributed by atoms with Gasteiger partial charge in [-0.15, -0.1) is 0 Å². The minimum absolute atomic E-state index is 1.15. The number of benzene rings is 1. The van der Waals surface area contributed by atoms with Crippen LogP contribution in [0.2, 0.25) is 0 Å². The molecule has 0 aliphatic carbocycles. The molecule has 2 rings (SSSR count). The Morgan fingerprint density at radius 2 is 1.64 bits per heavy atom. The van der Waals surface area contributed by atoms with Gasteiger partial charge >= 0.3 is 0 Å². The fourth-order valence-corrected chi connectivity index (χ4v) is 1.85. The Morgan fingerprint density at radius 1 is 0.929 bits per heavy atom. The largest absolute Gasteiger partial charge is 0.256 e. The van der Waals surface area contributed by atoms with Gasteiger partial charge in [-0.05, 0) is 62.1 Å². The number of pyridine rings is 1. The van der Waals surface area contributed by atoms with Crippen LogP contribution in [0.4, 0.5) is 0 Å². The summed E-state index contributed by atoms with van der Waals surface area (Å²) in [6.45, 7) is 8.61. The Balaban J connectivity index is 2.98. The minimum Gasteiger partial charge on any atom is -0.256 e. The Kier molecular flexibility index (Phi) is 2.03. The highest BCUT2D eigenvalue weighted by molar-refractivity contribution is 5.86. The molecule has 2 aromatic rings. The molecule has 0 spiro atoms. The molecule has 1 heteroatoms. The van der Waals surface area contributed by atoms with Crippen molar-refractivity contribution in [2.75, 3.05) is 0 Å². The van der Waals surface area contributed by atoms with E-state index in [4.69, 9.17) is 0 Å². The van der Waals surface area contributed by atoms with Crippen LogP contribution >= 0.6 is 0 Å². The molecular formula is C13H15N. The zero-order valence-electron chi connectivity index (χ0n) is 9.18. The van der Waals surface area contributed by atoms with E-state index in [-0.39, 0.29) is 0 Å². The molecule has 1 aromatic heterocycles. The molecule has 1 aromatic carbocycles. The Hall–Kier alpha value is -1.37. The minimum atomic E-state index is 1.15. The molecule has 0 saturated heterocycles. The molecule has 0 atom stereocenters. The summed E-state index contributed by atoms with van der Waals surface area (Å²) in [5.74, 6) is 0. The summed E-state index contributed by atoms with van der Waals surface area (Å²) < 4.78 is 0. The van der Waals surface area contributed by atoms with Gasteiger partial charge in [-0.1, -0.05) is 0 Å². The molecule has 0 aliphatic rings. The van der Waals surface area contributed by atoms with Crippen molar-refractivity contribution < 1.29 is 0 Å². The van der Waals surface area contributed by atoms with Crippen LogP contribution in [0.5, 0.6) is 0 Å². The highest BCUT2D eigenvalue weighted by Gasteiger charge is 2.05. The van der Waals surface area contributed by atoms with Gasteiger partial charge < -0.3 is 0 Å². The van der Waals surface area contributed by atoms with E-state index in [2.05, 4.69) is 44.8 Å². The maximum Gasteiger partial charge on any atom is 0.0736 e. The zero-order valence-corrected chi connectivity index (χ0v) is 9.18. The van der Waals surface area contributed by atoms with Crippen molar-refractivity contribution in [2.45, 2.75) is 27.7 Å². The normalized spacial score (nSPS) is 10.9. The van der Waals surface area contributed by atoms with E-state index in [1.165, 1.54) is 27.6 Å². The lowest BCUT2D eigenvalue weighted by molar-refractivity contribution is 1.25. The Labute approximate surface area is 84.8 Å².